The zero-order valence-electron chi connectivity index (χ0n) is 17.4. The number of aliphatic hydroxyl groups is 4. The fourth-order valence-electron chi connectivity index (χ4n) is 3.31. The molecule has 2 heterocycles. The molecule has 0 unspecified atom stereocenters. The van der Waals surface area contributed by atoms with Crippen molar-refractivity contribution >= 4 is 17.9 Å². The molecule has 31 heavy (non-hydrogen) atoms. The van der Waals surface area contributed by atoms with E-state index in [0.717, 1.165) is 20.8 Å². The van der Waals surface area contributed by atoms with E-state index in [2.05, 4.69) is 0 Å². The van der Waals surface area contributed by atoms with Crippen LogP contribution in [0.5, 0.6) is 0 Å². The molecule has 2 aliphatic rings. The summed E-state index contributed by atoms with van der Waals surface area (Å²) in [6, 6.07) is 0. The van der Waals surface area contributed by atoms with Crippen molar-refractivity contribution in [1.82, 2.24) is 0 Å². The molecule has 0 aromatic rings. The molecule has 13 heteroatoms. The zero-order valence-corrected chi connectivity index (χ0v) is 17.4. The zero-order chi connectivity index (χ0) is 23.5. The van der Waals surface area contributed by atoms with Crippen LogP contribution in [0.4, 0.5) is 0 Å². The first-order chi connectivity index (χ1) is 14.4. The minimum Gasteiger partial charge on any atom is -0.463 e. The normalized spacial score (nSPS) is 40.6. The van der Waals surface area contributed by atoms with E-state index >= 15 is 0 Å². The van der Waals surface area contributed by atoms with E-state index in [1.54, 1.807) is 0 Å². The summed E-state index contributed by atoms with van der Waals surface area (Å²) in [6.45, 7) is 4.28. The van der Waals surface area contributed by atoms with Gasteiger partial charge in [-0.3, -0.25) is 14.4 Å². The average molecular weight is 452 g/mol. The molecule has 2 fully saturated rings. The molecule has 2 rings (SSSR count). The molecule has 0 saturated carbocycles. The molecule has 2 saturated heterocycles. The van der Waals surface area contributed by atoms with Gasteiger partial charge >= 0.3 is 17.9 Å². The lowest BCUT2D eigenvalue weighted by molar-refractivity contribution is -0.359. The van der Waals surface area contributed by atoms with Gasteiger partial charge in [0, 0.05) is 20.8 Å². The first-order valence-corrected chi connectivity index (χ1v) is 9.58. The Morgan fingerprint density at radius 2 is 1.35 bits per heavy atom. The number of hydrogen-bond acceptors (Lipinski definition) is 13. The van der Waals surface area contributed by atoms with Crippen molar-refractivity contribution in [3.8, 4) is 0 Å². The second-order valence-electron chi connectivity index (χ2n) is 7.30. The quantitative estimate of drug-likeness (QED) is 0.242. The van der Waals surface area contributed by atoms with Crippen LogP contribution >= 0.6 is 0 Å². The minimum atomic E-state index is -1.80. The Morgan fingerprint density at radius 1 is 0.774 bits per heavy atom. The van der Waals surface area contributed by atoms with Gasteiger partial charge in [-0.1, -0.05) is 0 Å². The van der Waals surface area contributed by atoms with Gasteiger partial charge in [-0.25, -0.2) is 0 Å². The maximum atomic E-state index is 11.7. The van der Waals surface area contributed by atoms with Gasteiger partial charge in [0.25, 0.3) is 0 Å². The summed E-state index contributed by atoms with van der Waals surface area (Å²) in [5.74, 6) is -2.26. The first kappa shape index (κ1) is 25.4. The van der Waals surface area contributed by atoms with Gasteiger partial charge in [0.15, 0.2) is 30.9 Å². The highest BCUT2D eigenvalue weighted by Crippen LogP contribution is 2.31. The molecule has 0 aromatic carbocycles. The highest BCUT2D eigenvalue weighted by atomic mass is 16.7. The highest BCUT2D eigenvalue weighted by Gasteiger charge is 2.53. The van der Waals surface area contributed by atoms with Gasteiger partial charge in [-0.05, 0) is 6.92 Å². The Balaban J connectivity index is 2.30. The van der Waals surface area contributed by atoms with Crippen molar-refractivity contribution in [2.75, 3.05) is 6.61 Å². The molecule has 0 bridgehead atoms. The summed E-state index contributed by atoms with van der Waals surface area (Å²) in [5, 5.41) is 40.4. The lowest BCUT2D eigenvalue weighted by Crippen LogP contribution is -2.65. The number of esters is 3. The maximum absolute atomic E-state index is 11.7. The molecule has 2 aliphatic heterocycles. The van der Waals surface area contributed by atoms with E-state index in [9.17, 15) is 34.8 Å². The highest BCUT2D eigenvalue weighted by molar-refractivity contribution is 5.67. The largest absolute Gasteiger partial charge is 0.463 e. The number of ether oxygens (including phenoxy) is 6. The number of carbonyl (C=O) groups excluding carboxylic acids is 3. The lowest BCUT2D eigenvalue weighted by Gasteiger charge is -2.46. The second kappa shape index (κ2) is 10.6. The summed E-state index contributed by atoms with van der Waals surface area (Å²) in [4.78, 5) is 34.5. The second-order valence-corrected chi connectivity index (χ2v) is 7.30. The van der Waals surface area contributed by atoms with E-state index in [-0.39, 0.29) is 0 Å². The van der Waals surface area contributed by atoms with Crippen LogP contribution in [0.2, 0.25) is 0 Å². The number of rotatable bonds is 6. The van der Waals surface area contributed by atoms with E-state index in [1.807, 2.05) is 0 Å². The molecule has 0 aliphatic carbocycles. The van der Waals surface area contributed by atoms with Crippen LogP contribution in [0.15, 0.2) is 0 Å². The summed E-state index contributed by atoms with van der Waals surface area (Å²) in [5.41, 5.74) is 0. The summed E-state index contributed by atoms with van der Waals surface area (Å²) in [7, 11) is 0. The Hall–Kier alpha value is -1.87. The predicted octanol–water partition coefficient (Wildman–Crippen LogP) is -2.66. The van der Waals surface area contributed by atoms with Crippen LogP contribution in [0.25, 0.3) is 0 Å². The van der Waals surface area contributed by atoms with Gasteiger partial charge in [0.05, 0.1) is 6.10 Å². The number of aliphatic hydroxyl groups excluding tert-OH is 4. The molecule has 13 nitrogen and oxygen atoms in total. The van der Waals surface area contributed by atoms with Crippen LogP contribution in [0.3, 0.4) is 0 Å². The van der Waals surface area contributed by atoms with E-state index < -0.39 is 85.9 Å². The maximum Gasteiger partial charge on any atom is 0.303 e. The number of carbonyl (C=O) groups is 3. The van der Waals surface area contributed by atoms with Crippen LogP contribution < -0.4 is 0 Å². The molecular formula is C18H28O13. The molecule has 0 amide bonds. The van der Waals surface area contributed by atoms with E-state index in [0.29, 0.717) is 0 Å². The molecule has 178 valence electrons. The predicted molar refractivity (Wildman–Crippen MR) is 95.8 cm³/mol. The summed E-state index contributed by atoms with van der Waals surface area (Å²) < 4.78 is 31.5. The van der Waals surface area contributed by atoms with Crippen molar-refractivity contribution in [3.63, 3.8) is 0 Å². The fraction of sp³-hybridized carbons (Fsp3) is 0.833. The SMILES string of the molecule is CC(=O)OC[C@H]1O[C@@H](O)[C@H](O[C@@H]2O[C@H](C)[C@@H](O)[C@H](O)[C@H]2O)[C@@H](OC(C)=O)[C@@H]1OC(C)=O. The standard InChI is InChI=1S/C18H28O13/c1-6-11(22)12(23)13(24)18(27-6)31-16-15(29-9(4)21)14(28-8(3)20)10(30-17(16)25)5-26-7(2)19/h6,10-18,22-25H,5H2,1-4H3/t6-,10-,11-,12+,13-,14-,15+,16-,17-,18+/m1/s1. The first-order valence-electron chi connectivity index (χ1n) is 9.58. The fourth-order valence-corrected chi connectivity index (χ4v) is 3.31. The molecule has 0 aromatic heterocycles. The van der Waals surface area contributed by atoms with Crippen molar-refractivity contribution < 1.29 is 63.2 Å². The molecule has 4 N–H and O–H groups in total. The van der Waals surface area contributed by atoms with Gasteiger partial charge in [0.2, 0.25) is 0 Å². The van der Waals surface area contributed by atoms with Crippen LogP contribution in [-0.2, 0) is 42.8 Å². The molecule has 10 atom stereocenters. The van der Waals surface area contributed by atoms with Crippen molar-refractivity contribution in [1.29, 1.82) is 0 Å². The minimum absolute atomic E-state index is 0.431. The Morgan fingerprint density at radius 3 is 1.90 bits per heavy atom. The third-order valence-electron chi connectivity index (χ3n) is 4.76. The smallest absolute Gasteiger partial charge is 0.303 e. The average Bonchev–Trinajstić information content (AvgIpc) is 2.66. The lowest BCUT2D eigenvalue weighted by atomic mass is 9.97. The monoisotopic (exact) mass is 452 g/mol. The Bertz CT molecular complexity index is 654. The van der Waals surface area contributed by atoms with Crippen molar-refractivity contribution in [3.05, 3.63) is 0 Å². The van der Waals surface area contributed by atoms with E-state index in [1.165, 1.54) is 6.92 Å². The molecular weight excluding hydrogens is 424 g/mol. The number of hydrogen-bond donors (Lipinski definition) is 4. The third-order valence-corrected chi connectivity index (χ3v) is 4.76. The van der Waals surface area contributed by atoms with E-state index in [4.69, 9.17) is 28.4 Å². The topological polar surface area (TPSA) is 188 Å². The Labute approximate surface area is 177 Å². The summed E-state index contributed by atoms with van der Waals surface area (Å²) >= 11 is 0. The molecule has 0 spiro atoms. The third kappa shape index (κ3) is 6.32. The van der Waals surface area contributed by atoms with Gasteiger partial charge in [-0.2, -0.15) is 0 Å². The molecule has 0 radical (unpaired) electrons. The van der Waals surface area contributed by atoms with Gasteiger partial charge < -0.3 is 48.8 Å². The van der Waals surface area contributed by atoms with Gasteiger partial charge in [-0.15, -0.1) is 0 Å². The Kier molecular flexibility index (Phi) is 8.71. The summed E-state index contributed by atoms with van der Waals surface area (Å²) in [6.07, 6.45) is -14.6. The van der Waals surface area contributed by atoms with Crippen LogP contribution in [0, 0.1) is 0 Å². The van der Waals surface area contributed by atoms with Crippen LogP contribution in [0.1, 0.15) is 27.7 Å². The van der Waals surface area contributed by atoms with Crippen LogP contribution in [-0.4, -0.2) is 106 Å². The van der Waals surface area contributed by atoms with Gasteiger partial charge in [0.1, 0.15) is 31.0 Å². The van der Waals surface area contributed by atoms with Crippen molar-refractivity contribution in [2.45, 2.75) is 89.1 Å². The van der Waals surface area contributed by atoms with Crippen molar-refractivity contribution in [2.24, 2.45) is 0 Å².